The summed E-state index contributed by atoms with van der Waals surface area (Å²) in [6, 6.07) is 11.4. The number of rotatable bonds is 5. The quantitative estimate of drug-likeness (QED) is 0.712. The average Bonchev–Trinajstić information content (AvgIpc) is 3.33. The Kier molecular flexibility index (Phi) is 4.63. The van der Waals surface area contributed by atoms with Gasteiger partial charge in [-0.05, 0) is 30.3 Å². The molecule has 2 aromatic carbocycles. The zero-order valence-electron chi connectivity index (χ0n) is 15.6. The van der Waals surface area contributed by atoms with Crippen LogP contribution in [0.3, 0.4) is 0 Å². The minimum absolute atomic E-state index is 0.0749. The van der Waals surface area contributed by atoms with Crippen LogP contribution in [0.2, 0.25) is 0 Å². The first-order valence-electron chi connectivity index (χ1n) is 8.68. The van der Waals surface area contributed by atoms with Gasteiger partial charge in [-0.15, -0.1) is 0 Å². The molecule has 0 aromatic heterocycles. The minimum atomic E-state index is -1.11. The summed E-state index contributed by atoms with van der Waals surface area (Å²) in [6.07, 6.45) is -1.03. The lowest BCUT2D eigenvalue weighted by Crippen LogP contribution is -2.37. The zero-order valence-corrected chi connectivity index (χ0v) is 15.6. The molecule has 4 rings (SSSR count). The number of amides is 2. The highest BCUT2D eigenvalue weighted by atomic mass is 16.7. The van der Waals surface area contributed by atoms with Crippen molar-refractivity contribution in [2.75, 3.05) is 14.2 Å². The first kappa shape index (κ1) is 18.5. The molecule has 29 heavy (non-hydrogen) atoms. The fourth-order valence-electron chi connectivity index (χ4n) is 3.10. The van der Waals surface area contributed by atoms with E-state index >= 15 is 0 Å². The number of benzene rings is 2. The van der Waals surface area contributed by atoms with Gasteiger partial charge in [0.15, 0.2) is 0 Å². The molecule has 0 saturated carbocycles. The smallest absolute Gasteiger partial charge is 0.376 e. The Hall–Kier alpha value is -3.88. The Morgan fingerprint density at radius 1 is 1.03 bits per heavy atom. The van der Waals surface area contributed by atoms with Gasteiger partial charge in [0.1, 0.15) is 11.5 Å². The van der Waals surface area contributed by atoms with Crippen molar-refractivity contribution in [3.8, 4) is 11.5 Å². The first-order chi connectivity index (χ1) is 14.0. The molecule has 1 unspecified atom stereocenters. The summed E-state index contributed by atoms with van der Waals surface area (Å²) in [4.78, 5) is 47.3. The van der Waals surface area contributed by atoms with E-state index in [1.165, 1.54) is 26.4 Å². The number of hydrogen-bond donors (Lipinski definition) is 0. The molecule has 2 amide bonds. The Labute approximate surface area is 165 Å². The lowest BCUT2D eigenvalue weighted by molar-refractivity contribution is -0.180. The molecule has 2 aromatic rings. The average molecular weight is 396 g/mol. The van der Waals surface area contributed by atoms with E-state index in [9.17, 15) is 14.4 Å². The minimum Gasteiger partial charge on any atom is -0.497 e. The molecule has 2 heterocycles. The van der Waals surface area contributed by atoms with Gasteiger partial charge in [-0.1, -0.05) is 22.4 Å². The van der Waals surface area contributed by atoms with E-state index in [1.54, 1.807) is 30.3 Å². The molecule has 0 saturated heterocycles. The number of nitrogens with zero attached hydrogens (tertiary/aromatic N) is 2. The van der Waals surface area contributed by atoms with Gasteiger partial charge in [0.2, 0.25) is 6.10 Å². The van der Waals surface area contributed by atoms with Crippen molar-refractivity contribution >= 4 is 23.5 Å². The molecule has 0 radical (unpaired) electrons. The SMILES string of the molecule is COc1ccc(OC)c(C2=NOC(C(=O)ON3C(=O)c4ccccc4C3=O)C2)c1. The highest BCUT2D eigenvalue weighted by molar-refractivity contribution is 6.21. The van der Waals surface area contributed by atoms with Crippen LogP contribution in [0.5, 0.6) is 11.5 Å². The van der Waals surface area contributed by atoms with Crippen molar-refractivity contribution in [3.05, 3.63) is 59.2 Å². The largest absolute Gasteiger partial charge is 0.497 e. The molecule has 2 aliphatic rings. The second-order valence-corrected chi connectivity index (χ2v) is 6.26. The Morgan fingerprint density at radius 2 is 1.72 bits per heavy atom. The summed E-state index contributed by atoms with van der Waals surface area (Å²) in [7, 11) is 3.04. The number of imide groups is 1. The zero-order chi connectivity index (χ0) is 20.5. The number of oxime groups is 1. The van der Waals surface area contributed by atoms with Crippen molar-refractivity contribution in [3.63, 3.8) is 0 Å². The van der Waals surface area contributed by atoms with Gasteiger partial charge >= 0.3 is 5.97 Å². The number of carbonyl (C=O) groups is 3. The van der Waals surface area contributed by atoms with E-state index in [4.69, 9.17) is 19.1 Å². The molecular weight excluding hydrogens is 380 g/mol. The van der Waals surface area contributed by atoms with Gasteiger partial charge in [0.05, 0.1) is 31.1 Å². The summed E-state index contributed by atoms with van der Waals surface area (Å²) in [5.74, 6) is -1.19. The van der Waals surface area contributed by atoms with Gasteiger partial charge < -0.3 is 19.1 Å². The standard InChI is InChI=1S/C20H16N2O7/c1-26-11-7-8-16(27-2)14(9-11)15-10-17(28-21-15)20(25)29-22-18(23)12-5-3-4-6-13(12)19(22)24/h3-9,17H,10H2,1-2H3. The predicted molar refractivity (Wildman–Crippen MR) is 98.6 cm³/mol. The lowest BCUT2D eigenvalue weighted by Gasteiger charge is -2.14. The number of ether oxygens (including phenoxy) is 2. The Bertz CT molecular complexity index is 1010. The number of hydroxylamine groups is 2. The van der Waals surface area contributed by atoms with Gasteiger partial charge in [0, 0.05) is 12.0 Å². The molecule has 0 aliphatic carbocycles. The van der Waals surface area contributed by atoms with E-state index in [2.05, 4.69) is 5.16 Å². The van der Waals surface area contributed by atoms with Gasteiger partial charge in [0.25, 0.3) is 11.8 Å². The van der Waals surface area contributed by atoms with E-state index in [0.29, 0.717) is 27.8 Å². The number of carbonyl (C=O) groups excluding carboxylic acids is 3. The third-order valence-corrected chi connectivity index (χ3v) is 4.59. The van der Waals surface area contributed by atoms with E-state index in [1.807, 2.05) is 0 Å². The molecule has 9 nitrogen and oxygen atoms in total. The molecule has 9 heteroatoms. The number of fused-ring (bicyclic) bond motifs is 1. The molecule has 0 bridgehead atoms. The molecule has 0 N–H and O–H groups in total. The summed E-state index contributed by atoms with van der Waals surface area (Å²) in [5, 5.41) is 4.38. The summed E-state index contributed by atoms with van der Waals surface area (Å²) in [6.45, 7) is 0. The van der Waals surface area contributed by atoms with Gasteiger partial charge in [-0.2, -0.15) is 0 Å². The van der Waals surface area contributed by atoms with Gasteiger partial charge in [-0.25, -0.2) is 4.79 Å². The first-order valence-corrected chi connectivity index (χ1v) is 8.68. The topological polar surface area (TPSA) is 104 Å². The van der Waals surface area contributed by atoms with Gasteiger partial charge in [-0.3, -0.25) is 9.59 Å². The highest BCUT2D eigenvalue weighted by Gasteiger charge is 2.41. The van der Waals surface area contributed by atoms with E-state index in [0.717, 1.165) is 0 Å². The fourth-order valence-corrected chi connectivity index (χ4v) is 3.10. The Balaban J connectivity index is 1.47. The molecule has 0 fully saturated rings. The van der Waals surface area contributed by atoms with Crippen LogP contribution in [0.1, 0.15) is 32.7 Å². The van der Waals surface area contributed by atoms with E-state index in [-0.39, 0.29) is 17.5 Å². The maximum atomic E-state index is 12.5. The summed E-state index contributed by atoms with van der Waals surface area (Å²) < 4.78 is 10.5. The van der Waals surface area contributed by atoms with Crippen molar-refractivity contribution in [1.29, 1.82) is 0 Å². The van der Waals surface area contributed by atoms with Crippen molar-refractivity contribution in [2.45, 2.75) is 12.5 Å². The predicted octanol–water partition coefficient (Wildman–Crippen LogP) is 1.95. The Morgan fingerprint density at radius 3 is 2.34 bits per heavy atom. The van der Waals surface area contributed by atoms with Crippen LogP contribution in [-0.4, -0.2) is 48.9 Å². The monoisotopic (exact) mass is 396 g/mol. The van der Waals surface area contributed by atoms with E-state index < -0.39 is 23.9 Å². The molecule has 2 aliphatic heterocycles. The summed E-state index contributed by atoms with van der Waals surface area (Å²) >= 11 is 0. The number of hydrogen-bond acceptors (Lipinski definition) is 8. The summed E-state index contributed by atoms with van der Waals surface area (Å²) in [5.41, 5.74) is 1.40. The van der Waals surface area contributed by atoms with Crippen LogP contribution in [0.25, 0.3) is 0 Å². The van der Waals surface area contributed by atoms with Crippen molar-refractivity contribution in [2.24, 2.45) is 5.16 Å². The van der Waals surface area contributed by atoms with Crippen LogP contribution in [0, 0.1) is 0 Å². The van der Waals surface area contributed by atoms with Crippen LogP contribution in [-0.2, 0) is 14.5 Å². The van der Waals surface area contributed by atoms with Crippen LogP contribution in [0.4, 0.5) is 0 Å². The normalized spacial score (nSPS) is 17.5. The van der Waals surface area contributed by atoms with Crippen LogP contribution >= 0.6 is 0 Å². The molecule has 1 atom stereocenters. The maximum absolute atomic E-state index is 12.5. The number of methoxy groups -OCH3 is 2. The third-order valence-electron chi connectivity index (χ3n) is 4.59. The second-order valence-electron chi connectivity index (χ2n) is 6.26. The van der Waals surface area contributed by atoms with Crippen LogP contribution < -0.4 is 9.47 Å². The molecule has 0 spiro atoms. The van der Waals surface area contributed by atoms with Crippen LogP contribution in [0.15, 0.2) is 47.6 Å². The fraction of sp³-hybridized carbons (Fsp3) is 0.200. The lowest BCUT2D eigenvalue weighted by atomic mass is 10.0. The second kappa shape index (κ2) is 7.27. The molecular formula is C20H16N2O7. The van der Waals surface area contributed by atoms with Crippen molar-refractivity contribution < 1.29 is 33.5 Å². The third kappa shape index (κ3) is 3.16. The maximum Gasteiger partial charge on any atom is 0.376 e. The highest BCUT2D eigenvalue weighted by Crippen LogP contribution is 2.29. The molecule has 148 valence electrons. The van der Waals surface area contributed by atoms with Crippen molar-refractivity contribution in [1.82, 2.24) is 5.06 Å².